The molecule has 0 aliphatic heterocycles. The first kappa shape index (κ1) is 18.2. The van der Waals surface area contributed by atoms with Crippen LogP contribution in [0.25, 0.3) is 0 Å². The van der Waals surface area contributed by atoms with Crippen LogP contribution in [0.4, 0.5) is 5.69 Å². The zero-order valence-electron chi connectivity index (χ0n) is 13.7. The smallest absolute Gasteiger partial charge is 0.267 e. The molecule has 0 spiro atoms. The van der Waals surface area contributed by atoms with Crippen LogP contribution in [0.5, 0.6) is 0 Å². The largest absolute Gasteiger partial charge is 0.388 e. The Kier molecular flexibility index (Phi) is 7.34. The second-order valence-electron chi connectivity index (χ2n) is 5.02. The number of rotatable bonds is 7. The van der Waals surface area contributed by atoms with Crippen molar-refractivity contribution in [2.24, 2.45) is 0 Å². The van der Waals surface area contributed by atoms with E-state index in [-0.39, 0.29) is 11.5 Å². The highest BCUT2D eigenvalue weighted by molar-refractivity contribution is 6.07. The van der Waals surface area contributed by atoms with Crippen LogP contribution in [0.15, 0.2) is 30.0 Å². The van der Waals surface area contributed by atoms with Crippen LogP contribution in [0.3, 0.4) is 0 Å². The number of nitriles is 1. The van der Waals surface area contributed by atoms with E-state index in [9.17, 15) is 9.59 Å². The van der Waals surface area contributed by atoms with Gasteiger partial charge in [-0.2, -0.15) is 5.26 Å². The maximum atomic E-state index is 12.2. The van der Waals surface area contributed by atoms with Crippen LogP contribution in [0, 0.1) is 18.3 Å². The molecule has 0 aromatic heterocycles. The molecule has 0 saturated heterocycles. The predicted octanol–water partition coefficient (Wildman–Crippen LogP) is 1.63. The molecule has 1 rings (SSSR count). The number of carbonyl (C=O) groups excluding carboxylic acids is 2. The van der Waals surface area contributed by atoms with E-state index in [1.807, 2.05) is 38.1 Å². The van der Waals surface area contributed by atoms with E-state index < -0.39 is 5.91 Å². The molecule has 0 aliphatic rings. The maximum absolute atomic E-state index is 12.2. The van der Waals surface area contributed by atoms with Crippen molar-refractivity contribution in [3.05, 3.63) is 41.1 Å². The van der Waals surface area contributed by atoms with E-state index in [0.717, 1.165) is 23.2 Å². The summed E-state index contributed by atoms with van der Waals surface area (Å²) < 4.78 is 0. The fourth-order valence-electron chi connectivity index (χ4n) is 2.02. The summed E-state index contributed by atoms with van der Waals surface area (Å²) >= 11 is 0. The predicted molar refractivity (Wildman–Crippen MR) is 89.6 cm³/mol. The highest BCUT2D eigenvalue weighted by atomic mass is 16.2. The van der Waals surface area contributed by atoms with Gasteiger partial charge in [0, 0.05) is 31.9 Å². The zero-order chi connectivity index (χ0) is 17.2. The topological polar surface area (TPSA) is 94.0 Å². The number of nitrogens with zero attached hydrogens (tertiary/aromatic N) is 1. The van der Waals surface area contributed by atoms with Crippen molar-refractivity contribution in [3.8, 4) is 6.07 Å². The van der Waals surface area contributed by atoms with E-state index in [1.54, 1.807) is 0 Å². The molecule has 6 nitrogen and oxygen atoms in total. The van der Waals surface area contributed by atoms with E-state index in [4.69, 9.17) is 5.26 Å². The summed E-state index contributed by atoms with van der Waals surface area (Å²) in [6, 6.07) is 7.68. The molecule has 2 amide bonds. The highest BCUT2D eigenvalue weighted by Crippen LogP contribution is 2.21. The van der Waals surface area contributed by atoms with Gasteiger partial charge in [0.2, 0.25) is 5.91 Å². The Morgan fingerprint density at radius 2 is 2.04 bits per heavy atom. The molecule has 0 unspecified atom stereocenters. The first-order chi connectivity index (χ1) is 11.0. The number of nitrogens with one attached hydrogen (secondary N) is 3. The molecule has 1 aromatic rings. The van der Waals surface area contributed by atoms with Crippen molar-refractivity contribution in [2.45, 2.75) is 27.2 Å². The Morgan fingerprint density at radius 1 is 1.30 bits per heavy atom. The van der Waals surface area contributed by atoms with Gasteiger partial charge in [-0.15, -0.1) is 0 Å². The maximum Gasteiger partial charge on any atom is 0.267 e. The molecule has 122 valence electrons. The summed E-state index contributed by atoms with van der Waals surface area (Å²) in [6.07, 6.45) is 2.15. The fourth-order valence-corrected chi connectivity index (χ4v) is 2.02. The molecular weight excluding hydrogens is 292 g/mol. The Balaban J connectivity index is 2.71. The minimum Gasteiger partial charge on any atom is -0.388 e. The number of amides is 2. The second kappa shape index (κ2) is 9.26. The standard InChI is InChI=1S/C17H22N4O2/c1-4-14-7-5-6-12(2)16(14)21-17(23)15(10-18)11-19-8-9-20-13(3)22/h5-7,11,19H,4,8-9H2,1-3H3,(H,20,22)(H,21,23)/b15-11-. The average molecular weight is 314 g/mol. The van der Waals surface area contributed by atoms with E-state index >= 15 is 0 Å². The Morgan fingerprint density at radius 3 is 2.65 bits per heavy atom. The normalized spacial score (nSPS) is 10.6. The van der Waals surface area contributed by atoms with Gasteiger partial charge in [0.25, 0.3) is 5.91 Å². The van der Waals surface area contributed by atoms with E-state index in [2.05, 4.69) is 16.0 Å². The summed E-state index contributed by atoms with van der Waals surface area (Å²) in [6.45, 7) is 6.20. The quantitative estimate of drug-likeness (QED) is 0.405. The van der Waals surface area contributed by atoms with Gasteiger partial charge in [0.05, 0.1) is 0 Å². The lowest BCUT2D eigenvalue weighted by Gasteiger charge is -2.12. The number of hydrogen-bond donors (Lipinski definition) is 3. The van der Waals surface area contributed by atoms with Crippen LogP contribution in [-0.2, 0) is 16.0 Å². The van der Waals surface area contributed by atoms with E-state index in [0.29, 0.717) is 13.1 Å². The van der Waals surface area contributed by atoms with Crippen molar-refractivity contribution < 1.29 is 9.59 Å². The third-order valence-electron chi connectivity index (χ3n) is 3.23. The average Bonchev–Trinajstić information content (AvgIpc) is 2.52. The Labute approximate surface area is 136 Å². The lowest BCUT2D eigenvalue weighted by Crippen LogP contribution is -2.28. The molecule has 0 heterocycles. The molecule has 23 heavy (non-hydrogen) atoms. The van der Waals surface area contributed by atoms with Crippen LogP contribution in [-0.4, -0.2) is 24.9 Å². The van der Waals surface area contributed by atoms with Gasteiger partial charge in [-0.05, 0) is 24.5 Å². The third kappa shape index (κ3) is 5.83. The monoisotopic (exact) mass is 314 g/mol. The lowest BCUT2D eigenvalue weighted by molar-refractivity contribution is -0.119. The van der Waals surface area contributed by atoms with Gasteiger partial charge in [0.1, 0.15) is 11.6 Å². The number of aryl methyl sites for hydroxylation is 2. The van der Waals surface area contributed by atoms with Crippen LogP contribution in [0.1, 0.15) is 25.0 Å². The molecule has 0 atom stereocenters. The Bertz CT molecular complexity index is 644. The van der Waals surface area contributed by atoms with Gasteiger partial charge in [-0.25, -0.2) is 0 Å². The summed E-state index contributed by atoms with van der Waals surface area (Å²) in [5, 5.41) is 17.4. The Hall–Kier alpha value is -2.81. The number of anilines is 1. The van der Waals surface area contributed by atoms with Crippen molar-refractivity contribution in [3.63, 3.8) is 0 Å². The SMILES string of the molecule is CCc1cccc(C)c1NC(=O)/C(C#N)=C\NCCNC(C)=O. The number of hydrogen-bond acceptors (Lipinski definition) is 4. The first-order valence-electron chi connectivity index (χ1n) is 7.47. The van der Waals surface area contributed by atoms with Crippen LogP contribution in [0.2, 0.25) is 0 Å². The lowest BCUT2D eigenvalue weighted by atomic mass is 10.1. The fraction of sp³-hybridized carbons (Fsp3) is 0.353. The molecule has 0 bridgehead atoms. The molecule has 0 saturated carbocycles. The van der Waals surface area contributed by atoms with Gasteiger partial charge >= 0.3 is 0 Å². The summed E-state index contributed by atoms with van der Waals surface area (Å²) in [5.41, 5.74) is 2.71. The van der Waals surface area contributed by atoms with Crippen molar-refractivity contribution in [1.82, 2.24) is 10.6 Å². The highest BCUT2D eigenvalue weighted by Gasteiger charge is 2.12. The molecule has 1 aromatic carbocycles. The number of benzene rings is 1. The third-order valence-corrected chi connectivity index (χ3v) is 3.23. The summed E-state index contributed by atoms with van der Waals surface area (Å²) in [7, 11) is 0. The minimum absolute atomic E-state index is 0.0156. The zero-order valence-corrected chi connectivity index (χ0v) is 13.7. The molecule has 0 radical (unpaired) electrons. The van der Waals surface area contributed by atoms with Gasteiger partial charge in [-0.3, -0.25) is 9.59 Å². The van der Waals surface area contributed by atoms with E-state index in [1.165, 1.54) is 13.1 Å². The van der Waals surface area contributed by atoms with Crippen LogP contribution >= 0.6 is 0 Å². The minimum atomic E-state index is -0.455. The molecular formula is C17H22N4O2. The van der Waals surface area contributed by atoms with Crippen molar-refractivity contribution in [1.29, 1.82) is 5.26 Å². The summed E-state index contributed by atoms with van der Waals surface area (Å²) in [5.74, 6) is -0.579. The van der Waals surface area contributed by atoms with Crippen LogP contribution < -0.4 is 16.0 Å². The second-order valence-corrected chi connectivity index (χ2v) is 5.02. The van der Waals surface area contributed by atoms with Gasteiger partial charge in [-0.1, -0.05) is 25.1 Å². The molecule has 6 heteroatoms. The van der Waals surface area contributed by atoms with Crippen molar-refractivity contribution in [2.75, 3.05) is 18.4 Å². The molecule has 0 fully saturated rings. The first-order valence-corrected chi connectivity index (χ1v) is 7.47. The van der Waals surface area contributed by atoms with Crippen molar-refractivity contribution >= 4 is 17.5 Å². The van der Waals surface area contributed by atoms with Gasteiger partial charge in [0.15, 0.2) is 0 Å². The molecule has 3 N–H and O–H groups in total. The number of para-hydroxylation sites is 1. The number of carbonyl (C=O) groups is 2. The van der Waals surface area contributed by atoms with Gasteiger partial charge < -0.3 is 16.0 Å². The summed E-state index contributed by atoms with van der Waals surface area (Å²) in [4.78, 5) is 23.0. The molecule has 0 aliphatic carbocycles.